The molecule has 0 saturated carbocycles. The van der Waals surface area contributed by atoms with E-state index in [2.05, 4.69) is 36.1 Å². The molecule has 136 valence electrons. The largest absolute Gasteiger partial charge is 0.491 e. The van der Waals surface area contributed by atoms with Gasteiger partial charge < -0.3 is 14.6 Å². The van der Waals surface area contributed by atoms with Gasteiger partial charge in [0.05, 0.1) is 6.61 Å². The number of rotatable bonds is 10. The zero-order chi connectivity index (χ0) is 18.1. The number of methoxy groups -OCH3 is 1. The molecule has 0 amide bonds. The van der Waals surface area contributed by atoms with Crippen LogP contribution in [0.25, 0.3) is 0 Å². The van der Waals surface area contributed by atoms with Gasteiger partial charge in [0, 0.05) is 31.8 Å². The van der Waals surface area contributed by atoms with Crippen LogP contribution in [0.2, 0.25) is 5.02 Å². The molecule has 2 aromatic rings. The average Bonchev–Trinajstić information content (AvgIpc) is 2.59. The molecule has 0 aromatic heterocycles. The van der Waals surface area contributed by atoms with Crippen molar-refractivity contribution in [3.05, 3.63) is 64.7 Å². The molecule has 1 atom stereocenters. The van der Waals surface area contributed by atoms with Crippen molar-refractivity contribution < 1.29 is 14.6 Å². The molecule has 0 aliphatic heterocycles. The van der Waals surface area contributed by atoms with E-state index < -0.39 is 6.10 Å². The summed E-state index contributed by atoms with van der Waals surface area (Å²) in [5.74, 6) is 0.700. The molecule has 2 aromatic carbocycles. The SMILES string of the molecule is COCCN(Cc1cccc(C)c1)C[C@H](O)COc1ccc(Cl)cc1. The van der Waals surface area contributed by atoms with Crippen molar-refractivity contribution in [1.82, 2.24) is 4.90 Å². The second-order valence-electron chi connectivity index (χ2n) is 6.14. The third-order valence-corrected chi connectivity index (χ3v) is 4.08. The zero-order valence-corrected chi connectivity index (χ0v) is 15.6. The zero-order valence-electron chi connectivity index (χ0n) is 14.8. The van der Waals surface area contributed by atoms with Crippen LogP contribution in [-0.2, 0) is 11.3 Å². The van der Waals surface area contributed by atoms with Crippen LogP contribution in [0.1, 0.15) is 11.1 Å². The van der Waals surface area contributed by atoms with Gasteiger partial charge in [0.2, 0.25) is 0 Å². The predicted octanol–water partition coefficient (Wildman–Crippen LogP) is 3.54. The maximum atomic E-state index is 10.3. The van der Waals surface area contributed by atoms with Gasteiger partial charge in [-0.3, -0.25) is 4.90 Å². The molecule has 0 unspecified atom stereocenters. The van der Waals surface area contributed by atoms with E-state index >= 15 is 0 Å². The number of halogens is 1. The van der Waals surface area contributed by atoms with E-state index in [1.54, 1.807) is 31.4 Å². The molecule has 2 rings (SSSR count). The molecular weight excluding hydrogens is 338 g/mol. The quantitative estimate of drug-likeness (QED) is 0.701. The molecule has 0 aliphatic rings. The van der Waals surface area contributed by atoms with Crippen molar-refractivity contribution in [2.45, 2.75) is 19.6 Å². The minimum Gasteiger partial charge on any atom is -0.491 e. The van der Waals surface area contributed by atoms with Crippen LogP contribution in [0, 0.1) is 6.92 Å². The summed E-state index contributed by atoms with van der Waals surface area (Å²) in [6.45, 7) is 4.98. The van der Waals surface area contributed by atoms with Crippen LogP contribution in [0.3, 0.4) is 0 Å². The summed E-state index contributed by atoms with van der Waals surface area (Å²) >= 11 is 5.86. The van der Waals surface area contributed by atoms with Gasteiger partial charge in [-0.05, 0) is 36.8 Å². The van der Waals surface area contributed by atoms with Crippen molar-refractivity contribution in [3.8, 4) is 5.75 Å². The predicted molar refractivity (Wildman–Crippen MR) is 101 cm³/mol. The van der Waals surface area contributed by atoms with E-state index in [0.29, 0.717) is 23.9 Å². The van der Waals surface area contributed by atoms with Crippen LogP contribution < -0.4 is 4.74 Å². The smallest absolute Gasteiger partial charge is 0.119 e. The number of nitrogens with zero attached hydrogens (tertiary/aromatic N) is 1. The fraction of sp³-hybridized carbons (Fsp3) is 0.400. The van der Waals surface area contributed by atoms with Gasteiger partial charge in [-0.1, -0.05) is 41.4 Å². The highest BCUT2D eigenvalue weighted by molar-refractivity contribution is 6.30. The van der Waals surface area contributed by atoms with Crippen LogP contribution in [-0.4, -0.2) is 49.5 Å². The molecule has 0 aliphatic carbocycles. The molecule has 0 saturated heterocycles. The molecule has 5 heteroatoms. The number of aliphatic hydroxyl groups excluding tert-OH is 1. The summed E-state index contributed by atoms with van der Waals surface area (Å²) in [6.07, 6.45) is -0.586. The lowest BCUT2D eigenvalue weighted by atomic mass is 10.1. The first kappa shape index (κ1) is 19.7. The molecule has 25 heavy (non-hydrogen) atoms. The highest BCUT2D eigenvalue weighted by atomic mass is 35.5. The third kappa shape index (κ3) is 7.45. The van der Waals surface area contributed by atoms with Crippen LogP contribution >= 0.6 is 11.6 Å². The van der Waals surface area contributed by atoms with Crippen LogP contribution in [0.15, 0.2) is 48.5 Å². The highest BCUT2D eigenvalue weighted by Crippen LogP contribution is 2.16. The Bertz CT molecular complexity index is 633. The highest BCUT2D eigenvalue weighted by Gasteiger charge is 2.13. The van der Waals surface area contributed by atoms with E-state index in [1.807, 2.05) is 0 Å². The summed E-state index contributed by atoms with van der Waals surface area (Å²) in [6, 6.07) is 15.5. The van der Waals surface area contributed by atoms with E-state index in [4.69, 9.17) is 21.1 Å². The first-order valence-corrected chi connectivity index (χ1v) is 8.78. The fourth-order valence-corrected chi connectivity index (χ4v) is 2.72. The Kier molecular flexibility index (Phi) is 8.22. The molecule has 0 heterocycles. The first-order chi connectivity index (χ1) is 12.1. The van der Waals surface area contributed by atoms with Gasteiger partial charge in [-0.15, -0.1) is 0 Å². The number of hydrogen-bond donors (Lipinski definition) is 1. The second-order valence-corrected chi connectivity index (χ2v) is 6.57. The van der Waals surface area contributed by atoms with Gasteiger partial charge in [0.15, 0.2) is 0 Å². The number of benzene rings is 2. The number of hydrogen-bond acceptors (Lipinski definition) is 4. The molecule has 0 bridgehead atoms. The van der Waals surface area contributed by atoms with Gasteiger partial charge >= 0.3 is 0 Å². The van der Waals surface area contributed by atoms with E-state index in [-0.39, 0.29) is 6.61 Å². The lowest BCUT2D eigenvalue weighted by Gasteiger charge is -2.25. The number of ether oxygens (including phenoxy) is 2. The number of aliphatic hydroxyl groups is 1. The molecule has 4 nitrogen and oxygen atoms in total. The average molecular weight is 364 g/mol. The third-order valence-electron chi connectivity index (χ3n) is 3.83. The summed E-state index contributed by atoms with van der Waals surface area (Å²) < 4.78 is 10.8. The summed E-state index contributed by atoms with van der Waals surface area (Å²) in [5, 5.41) is 11.0. The monoisotopic (exact) mass is 363 g/mol. The Morgan fingerprint density at radius 2 is 1.92 bits per heavy atom. The van der Waals surface area contributed by atoms with E-state index in [0.717, 1.165) is 13.1 Å². The van der Waals surface area contributed by atoms with Crippen molar-refractivity contribution in [2.24, 2.45) is 0 Å². The minimum atomic E-state index is -0.586. The second kappa shape index (κ2) is 10.4. The normalized spacial score (nSPS) is 12.4. The van der Waals surface area contributed by atoms with Crippen molar-refractivity contribution in [1.29, 1.82) is 0 Å². The van der Waals surface area contributed by atoms with Gasteiger partial charge in [0.25, 0.3) is 0 Å². The Balaban J connectivity index is 1.87. The molecular formula is C20H26ClNO3. The number of aryl methyl sites for hydroxylation is 1. The van der Waals surface area contributed by atoms with Crippen molar-refractivity contribution in [2.75, 3.05) is 33.4 Å². The van der Waals surface area contributed by atoms with Gasteiger partial charge in [-0.2, -0.15) is 0 Å². The molecule has 0 fully saturated rings. The van der Waals surface area contributed by atoms with Crippen molar-refractivity contribution >= 4 is 11.6 Å². The van der Waals surface area contributed by atoms with E-state index in [1.165, 1.54) is 11.1 Å². The maximum Gasteiger partial charge on any atom is 0.119 e. The lowest BCUT2D eigenvalue weighted by molar-refractivity contribution is 0.0542. The Labute approximate surface area is 154 Å². The molecule has 1 N–H and O–H groups in total. The first-order valence-electron chi connectivity index (χ1n) is 8.40. The Morgan fingerprint density at radius 1 is 1.16 bits per heavy atom. The minimum absolute atomic E-state index is 0.235. The van der Waals surface area contributed by atoms with Crippen molar-refractivity contribution in [3.63, 3.8) is 0 Å². The Morgan fingerprint density at radius 3 is 2.60 bits per heavy atom. The van der Waals surface area contributed by atoms with Gasteiger partial charge in [0.1, 0.15) is 18.5 Å². The van der Waals surface area contributed by atoms with E-state index in [9.17, 15) is 5.11 Å². The van der Waals surface area contributed by atoms with Crippen LogP contribution in [0.4, 0.5) is 0 Å². The topological polar surface area (TPSA) is 41.9 Å². The van der Waals surface area contributed by atoms with Crippen LogP contribution in [0.5, 0.6) is 5.75 Å². The van der Waals surface area contributed by atoms with Gasteiger partial charge in [-0.25, -0.2) is 0 Å². The fourth-order valence-electron chi connectivity index (χ4n) is 2.60. The molecule has 0 spiro atoms. The summed E-state index contributed by atoms with van der Waals surface area (Å²) in [5.41, 5.74) is 2.46. The summed E-state index contributed by atoms with van der Waals surface area (Å²) in [4.78, 5) is 2.17. The molecule has 0 radical (unpaired) electrons. The Hall–Kier alpha value is -1.59. The summed E-state index contributed by atoms with van der Waals surface area (Å²) in [7, 11) is 1.69. The standard InChI is InChI=1S/C20H26ClNO3/c1-16-4-3-5-17(12-16)13-22(10-11-24-2)14-19(23)15-25-20-8-6-18(21)7-9-20/h3-9,12,19,23H,10-11,13-15H2,1-2H3/t19-/m0/s1. The lowest BCUT2D eigenvalue weighted by Crippen LogP contribution is -2.37. The maximum absolute atomic E-state index is 10.3.